The standard InChI is InChI=1S/C51H86O17/c1-10-11-20-61-46-51(60,22-27(64-46)21-25(2)3)29-14-18-49(8)28(29)12-13-33-48(7)17-16-34(47(5,6)32(48)15-19-50(33,49)9)66-45-42(68-44-40(59)38(57)35(54)26(4)63-44)41(37(56)31(23-52)65-45)67-43-39(58)36(55)30(53)24-62-43/h21,26-46,52-60H,10-20,22-24H2,1-9H3/t26-,27+,28+,29-,30+,31+,32-,33+,34-,35-,36-,37+,38+,39+,40+,41-,42+,43-,44-,45-,46-,48-,49+,50+,51?/m0/s1. The molecule has 0 aromatic carbocycles. The van der Waals surface area contributed by atoms with Crippen LogP contribution in [0.15, 0.2) is 11.6 Å². The smallest absolute Gasteiger partial charge is 0.187 e. The summed E-state index contributed by atoms with van der Waals surface area (Å²) in [5.41, 5.74) is -0.454. The number of unbranched alkanes of at least 4 members (excludes halogenated alkanes) is 1. The van der Waals surface area contributed by atoms with Gasteiger partial charge in [-0.05, 0) is 124 Å². The van der Waals surface area contributed by atoms with Crippen molar-refractivity contribution in [1.82, 2.24) is 0 Å². The summed E-state index contributed by atoms with van der Waals surface area (Å²) in [6.45, 7) is 19.3. The van der Waals surface area contributed by atoms with E-state index in [2.05, 4.69) is 61.5 Å². The Hall–Kier alpha value is -0.940. The Kier molecular flexibility index (Phi) is 15.7. The maximum Gasteiger partial charge on any atom is 0.187 e. The summed E-state index contributed by atoms with van der Waals surface area (Å²) < 4.78 is 50.3. The third-order valence-corrected chi connectivity index (χ3v) is 19.4. The highest BCUT2D eigenvalue weighted by Gasteiger charge is 2.71. The van der Waals surface area contributed by atoms with Crippen LogP contribution in [-0.4, -0.2) is 176 Å². The second kappa shape index (κ2) is 20.1. The van der Waals surface area contributed by atoms with Gasteiger partial charge in [0.2, 0.25) is 0 Å². The van der Waals surface area contributed by atoms with Crippen LogP contribution in [0.25, 0.3) is 0 Å². The Morgan fingerprint density at radius 1 is 0.676 bits per heavy atom. The van der Waals surface area contributed by atoms with Gasteiger partial charge in [0.25, 0.3) is 0 Å². The lowest BCUT2D eigenvalue weighted by Gasteiger charge is -2.70. The van der Waals surface area contributed by atoms with Gasteiger partial charge in [-0.2, -0.15) is 0 Å². The van der Waals surface area contributed by atoms with E-state index < -0.39 is 116 Å². The Labute approximate surface area is 402 Å². The lowest BCUT2D eigenvalue weighted by atomic mass is 9.35. The maximum absolute atomic E-state index is 12.8. The van der Waals surface area contributed by atoms with E-state index in [4.69, 9.17) is 37.9 Å². The molecule has 0 spiro atoms. The van der Waals surface area contributed by atoms with E-state index >= 15 is 0 Å². The molecule has 68 heavy (non-hydrogen) atoms. The van der Waals surface area contributed by atoms with Crippen LogP contribution in [0.1, 0.15) is 133 Å². The molecular weight excluding hydrogens is 885 g/mol. The summed E-state index contributed by atoms with van der Waals surface area (Å²) >= 11 is 0. The van der Waals surface area contributed by atoms with Gasteiger partial charge in [0.05, 0.1) is 31.5 Å². The zero-order chi connectivity index (χ0) is 49.5. The molecule has 9 N–H and O–H groups in total. The SMILES string of the molecule is CCCCO[C@H]1O[C@H](C=C(C)C)CC1(O)[C@H]1CC[C@]2(C)[C@@H]1CC[C@@H]1[C@@]3(C)CC[C@H](O[C@@H]4O[C@H](CO)[C@@H](O)[C@H](O[C@@H]5OC[C@@H](O)[C@H](O)[C@H]5O)[C@H]4O[C@@H]4O[C@@H](C)[C@H](O)[C@@H](O)[C@H]4O)C(C)(C)[C@@H]3CC[C@]12C. The van der Waals surface area contributed by atoms with Crippen LogP contribution in [0.5, 0.6) is 0 Å². The van der Waals surface area contributed by atoms with Crippen molar-refractivity contribution in [2.45, 2.75) is 243 Å². The second-order valence-corrected chi connectivity index (χ2v) is 23.8. The largest absolute Gasteiger partial charge is 0.394 e. The molecule has 8 aliphatic rings. The summed E-state index contributed by atoms with van der Waals surface area (Å²) in [4.78, 5) is 0. The molecule has 4 saturated carbocycles. The van der Waals surface area contributed by atoms with Crippen molar-refractivity contribution in [2.75, 3.05) is 19.8 Å². The molecule has 4 heterocycles. The molecule has 8 rings (SSSR count). The van der Waals surface area contributed by atoms with Crippen LogP contribution in [-0.2, 0) is 37.9 Å². The first-order valence-electron chi connectivity index (χ1n) is 25.9. The van der Waals surface area contributed by atoms with Crippen molar-refractivity contribution in [1.29, 1.82) is 0 Å². The van der Waals surface area contributed by atoms with Crippen molar-refractivity contribution in [3.05, 3.63) is 11.6 Å². The minimum Gasteiger partial charge on any atom is -0.394 e. The second-order valence-electron chi connectivity index (χ2n) is 23.8. The molecule has 0 aromatic heterocycles. The number of rotatable bonds is 13. The first-order valence-corrected chi connectivity index (χ1v) is 25.9. The van der Waals surface area contributed by atoms with E-state index in [0.29, 0.717) is 31.3 Å². The van der Waals surface area contributed by atoms with Crippen molar-refractivity contribution in [3.8, 4) is 0 Å². The molecule has 392 valence electrons. The molecule has 25 atom stereocenters. The number of hydrogen-bond donors (Lipinski definition) is 9. The summed E-state index contributed by atoms with van der Waals surface area (Å²) in [6, 6.07) is 0. The maximum atomic E-state index is 12.8. The molecule has 4 saturated heterocycles. The number of hydrogen-bond acceptors (Lipinski definition) is 17. The van der Waals surface area contributed by atoms with Crippen molar-refractivity contribution in [3.63, 3.8) is 0 Å². The van der Waals surface area contributed by atoms with Gasteiger partial charge in [0.15, 0.2) is 25.2 Å². The van der Waals surface area contributed by atoms with Crippen LogP contribution < -0.4 is 0 Å². The third kappa shape index (κ3) is 9.02. The van der Waals surface area contributed by atoms with Crippen molar-refractivity contribution in [2.24, 2.45) is 45.3 Å². The van der Waals surface area contributed by atoms with E-state index in [-0.39, 0.29) is 40.8 Å². The average molecular weight is 971 g/mol. The lowest BCUT2D eigenvalue weighted by Crippen LogP contribution is -2.67. The number of aliphatic hydroxyl groups excluding tert-OH is 8. The van der Waals surface area contributed by atoms with Gasteiger partial charge in [-0.3, -0.25) is 0 Å². The molecule has 0 amide bonds. The van der Waals surface area contributed by atoms with Gasteiger partial charge in [-0.25, -0.2) is 0 Å². The molecular formula is C51H86O17. The molecule has 4 aliphatic carbocycles. The van der Waals surface area contributed by atoms with Gasteiger partial charge in [0, 0.05) is 13.0 Å². The fraction of sp³-hybridized carbons (Fsp3) is 0.961. The zero-order valence-electron chi connectivity index (χ0n) is 41.9. The van der Waals surface area contributed by atoms with E-state index in [1.165, 1.54) is 6.92 Å². The van der Waals surface area contributed by atoms with Crippen LogP contribution in [0.2, 0.25) is 0 Å². The summed E-state index contributed by atoms with van der Waals surface area (Å²) in [6.07, 6.45) is -10.2. The monoisotopic (exact) mass is 971 g/mol. The molecule has 8 fully saturated rings. The fourth-order valence-corrected chi connectivity index (χ4v) is 15.6. The van der Waals surface area contributed by atoms with Crippen LogP contribution >= 0.6 is 0 Å². The zero-order valence-corrected chi connectivity index (χ0v) is 41.9. The average Bonchev–Trinajstić information content (AvgIpc) is 3.81. The van der Waals surface area contributed by atoms with E-state index in [0.717, 1.165) is 63.4 Å². The molecule has 17 heteroatoms. The highest BCUT2D eigenvalue weighted by atomic mass is 16.8. The first kappa shape index (κ1) is 53.4. The van der Waals surface area contributed by atoms with Crippen molar-refractivity contribution >= 4 is 0 Å². The van der Waals surface area contributed by atoms with Gasteiger partial charge >= 0.3 is 0 Å². The van der Waals surface area contributed by atoms with Crippen LogP contribution in [0.4, 0.5) is 0 Å². The van der Waals surface area contributed by atoms with Gasteiger partial charge in [-0.15, -0.1) is 0 Å². The van der Waals surface area contributed by atoms with E-state index in [9.17, 15) is 46.0 Å². The predicted molar refractivity (Wildman–Crippen MR) is 244 cm³/mol. The number of fused-ring (bicyclic) bond motifs is 5. The Morgan fingerprint density at radius 2 is 1.37 bits per heavy atom. The summed E-state index contributed by atoms with van der Waals surface area (Å²) in [5, 5.41) is 99.0. The number of ether oxygens (including phenoxy) is 8. The highest BCUT2D eigenvalue weighted by Crippen LogP contribution is 2.76. The van der Waals surface area contributed by atoms with Gasteiger partial charge in [-0.1, -0.05) is 59.6 Å². The van der Waals surface area contributed by atoms with Gasteiger partial charge in [0.1, 0.15) is 66.6 Å². The minimum absolute atomic E-state index is 0.000658. The first-order chi connectivity index (χ1) is 32.0. The predicted octanol–water partition coefficient (Wildman–Crippen LogP) is 2.80. The molecule has 0 aromatic rings. The molecule has 1 unspecified atom stereocenters. The number of aliphatic hydroxyl groups is 9. The van der Waals surface area contributed by atoms with Crippen LogP contribution in [0.3, 0.4) is 0 Å². The molecule has 0 bridgehead atoms. The summed E-state index contributed by atoms with van der Waals surface area (Å²) in [5.74, 6) is 0.980. The van der Waals surface area contributed by atoms with Crippen molar-refractivity contribution < 1.29 is 83.9 Å². The minimum atomic E-state index is -1.74. The van der Waals surface area contributed by atoms with E-state index in [1.807, 2.05) is 0 Å². The van der Waals surface area contributed by atoms with Gasteiger partial charge < -0.3 is 83.9 Å². The number of allylic oxidation sites excluding steroid dienone is 1. The topological polar surface area (TPSA) is 256 Å². The Balaban J connectivity index is 1.04. The normalized spacial score (nSPS) is 53.6. The highest BCUT2D eigenvalue weighted by molar-refractivity contribution is 5.20. The summed E-state index contributed by atoms with van der Waals surface area (Å²) in [7, 11) is 0. The quantitative estimate of drug-likeness (QED) is 0.0731. The van der Waals surface area contributed by atoms with E-state index in [1.54, 1.807) is 0 Å². The Bertz CT molecular complexity index is 1750. The fourth-order valence-electron chi connectivity index (χ4n) is 15.6. The Morgan fingerprint density at radius 3 is 2.06 bits per heavy atom. The molecule has 0 radical (unpaired) electrons. The molecule has 17 nitrogen and oxygen atoms in total. The molecule has 4 aliphatic heterocycles. The lowest BCUT2D eigenvalue weighted by molar-refractivity contribution is -0.395. The third-order valence-electron chi connectivity index (χ3n) is 19.4. The van der Waals surface area contributed by atoms with Crippen LogP contribution in [0, 0.1) is 45.3 Å².